The van der Waals surface area contributed by atoms with Gasteiger partial charge in [0.2, 0.25) is 0 Å². The molecule has 1 saturated heterocycles. The van der Waals surface area contributed by atoms with E-state index in [0.717, 1.165) is 0 Å². The second-order valence-electron chi connectivity index (χ2n) is 12.1. The Morgan fingerprint density at radius 1 is 0.500 bits per heavy atom. The number of para-hydroxylation sites is 2. The van der Waals surface area contributed by atoms with Crippen LogP contribution in [0.15, 0.2) is 36.4 Å². The van der Waals surface area contributed by atoms with Crippen molar-refractivity contribution in [1.82, 2.24) is 0 Å². The summed E-state index contributed by atoms with van der Waals surface area (Å²) >= 11 is -0.474. The zero-order valence-electron chi connectivity index (χ0n) is 23.8. The third kappa shape index (κ3) is 4.40. The van der Waals surface area contributed by atoms with E-state index >= 15 is 0 Å². The molecule has 0 N–H and O–H groups in total. The first kappa shape index (κ1) is 27.4. The van der Waals surface area contributed by atoms with Crippen LogP contribution in [0.25, 0.3) is 0 Å². The molecule has 4 heteroatoms. The molecule has 1 fully saturated rings. The third-order valence-electron chi connectivity index (χ3n) is 7.75. The van der Waals surface area contributed by atoms with Gasteiger partial charge < -0.3 is 0 Å². The van der Waals surface area contributed by atoms with E-state index in [1.54, 1.807) is 33.6 Å². The van der Waals surface area contributed by atoms with Crippen LogP contribution in [-0.4, -0.2) is 24.3 Å². The van der Waals surface area contributed by atoms with Crippen molar-refractivity contribution in [3.05, 3.63) is 58.7 Å². The summed E-state index contributed by atoms with van der Waals surface area (Å²) in [5, 5.41) is 0. The van der Waals surface area contributed by atoms with Crippen LogP contribution in [0.1, 0.15) is 129 Å². The number of benzene rings is 2. The summed E-state index contributed by atoms with van der Waals surface area (Å²) in [4.78, 5) is 0. The molecular weight excluding hydrogens is 489 g/mol. The first-order valence-corrected chi connectivity index (χ1v) is 17.4. The molecule has 0 amide bonds. The molecule has 0 aliphatic carbocycles. The normalized spacial score (nSPS) is 16.1. The van der Waals surface area contributed by atoms with Gasteiger partial charge >= 0.3 is 219 Å². The Balaban J connectivity index is 2.32. The molecule has 0 bridgehead atoms. The molecule has 0 aromatic heterocycles. The Hall–Kier alpha value is -1.20. The van der Waals surface area contributed by atoms with Crippen molar-refractivity contribution in [2.45, 2.75) is 118 Å². The summed E-state index contributed by atoms with van der Waals surface area (Å²) in [5.41, 5.74) is 10.7. The van der Waals surface area contributed by atoms with Gasteiger partial charge in [0.1, 0.15) is 0 Å². The zero-order valence-corrected chi connectivity index (χ0v) is 26.9. The number of nitrogens with zero attached hydrogens (tertiary/aromatic N) is 2. The van der Waals surface area contributed by atoms with Gasteiger partial charge in [-0.25, -0.2) is 0 Å². The molecule has 186 valence electrons. The summed E-state index contributed by atoms with van der Waals surface area (Å²) in [6.07, 6.45) is 0. The first-order valence-electron chi connectivity index (χ1n) is 13.5. The van der Waals surface area contributed by atoms with Crippen molar-refractivity contribution in [2.24, 2.45) is 0 Å². The van der Waals surface area contributed by atoms with E-state index in [-0.39, 0.29) is 0 Å². The van der Waals surface area contributed by atoms with E-state index in [1.807, 2.05) is 0 Å². The van der Waals surface area contributed by atoms with E-state index < -0.39 is 24.3 Å². The van der Waals surface area contributed by atoms with Crippen LogP contribution in [0, 0.1) is 0 Å². The van der Waals surface area contributed by atoms with Crippen LogP contribution in [-0.2, 0) is 0 Å². The minimum absolute atomic E-state index is 0.474. The quantitative estimate of drug-likeness (QED) is 0.310. The SMILES string of the molecule is CC(C)c1cccc(C(C)C)c1[N]1[Ge][N](c2c(C(C)C)cccc2C(C)C)[Si]1(C(C)C)C(C)C. The molecule has 2 radical (unpaired) electrons. The molecule has 1 aliphatic heterocycles. The van der Waals surface area contributed by atoms with Gasteiger partial charge in [-0.05, 0) is 0 Å². The molecule has 34 heavy (non-hydrogen) atoms. The third-order valence-corrected chi connectivity index (χ3v) is 20.4. The van der Waals surface area contributed by atoms with Gasteiger partial charge in [-0.15, -0.1) is 0 Å². The molecule has 2 nitrogen and oxygen atoms in total. The van der Waals surface area contributed by atoms with Gasteiger partial charge in [0.15, 0.2) is 0 Å². The fourth-order valence-corrected chi connectivity index (χ4v) is 22.7. The molecule has 0 unspecified atom stereocenters. The molecule has 0 saturated carbocycles. The van der Waals surface area contributed by atoms with Gasteiger partial charge in [0.25, 0.3) is 0 Å². The van der Waals surface area contributed by atoms with Crippen LogP contribution < -0.4 is 7.05 Å². The Bertz CT molecular complexity index is 861. The Labute approximate surface area is 218 Å². The molecule has 0 spiro atoms. The standard InChI is InChI=1S/C30H48GeN2Si/c1-19(2)25-15-13-16-26(20(3)4)29(25)32-31-33(34(32,23(9)10)24(11)12)30-27(21(5)6)17-14-18-28(30)22(7)8/h13-24H,1-12H3. The Kier molecular flexibility index (Phi) is 8.40. The van der Waals surface area contributed by atoms with E-state index in [0.29, 0.717) is 34.8 Å². The number of anilines is 2. The fourth-order valence-electron chi connectivity index (χ4n) is 6.01. The predicted molar refractivity (Wildman–Crippen MR) is 156 cm³/mol. The van der Waals surface area contributed by atoms with Gasteiger partial charge in [-0.3, -0.25) is 0 Å². The average molecular weight is 537 g/mol. The summed E-state index contributed by atoms with van der Waals surface area (Å²) in [6.45, 7) is 29.0. The van der Waals surface area contributed by atoms with Crippen molar-refractivity contribution in [1.29, 1.82) is 0 Å². The molecule has 1 aliphatic rings. The van der Waals surface area contributed by atoms with Crippen molar-refractivity contribution < 1.29 is 0 Å². The van der Waals surface area contributed by atoms with Crippen LogP contribution in [0.5, 0.6) is 0 Å². The molecule has 0 atom stereocenters. The summed E-state index contributed by atoms with van der Waals surface area (Å²) in [7, 11) is -2.02. The fraction of sp³-hybridized carbons (Fsp3) is 0.600. The van der Waals surface area contributed by atoms with Crippen LogP contribution in [0.2, 0.25) is 11.1 Å². The first-order chi connectivity index (χ1) is 15.9. The Morgan fingerprint density at radius 2 is 0.765 bits per heavy atom. The predicted octanol–water partition coefficient (Wildman–Crippen LogP) is 9.30. The van der Waals surface area contributed by atoms with E-state index in [2.05, 4.69) is 127 Å². The second-order valence-corrected chi connectivity index (χ2v) is 21.0. The number of rotatable bonds is 8. The number of hydrogen-bond donors (Lipinski definition) is 0. The molecule has 2 aromatic rings. The number of hydrogen-bond acceptors (Lipinski definition) is 2. The van der Waals surface area contributed by atoms with Crippen molar-refractivity contribution in [3.8, 4) is 0 Å². The summed E-state index contributed by atoms with van der Waals surface area (Å²) < 4.78 is 6.10. The van der Waals surface area contributed by atoms with E-state index in [9.17, 15) is 0 Å². The zero-order chi connectivity index (χ0) is 25.5. The van der Waals surface area contributed by atoms with Crippen molar-refractivity contribution in [3.63, 3.8) is 0 Å². The van der Waals surface area contributed by atoms with Crippen LogP contribution in [0.4, 0.5) is 11.4 Å². The minimum atomic E-state index is -2.02. The molecule has 2 aromatic carbocycles. The van der Waals surface area contributed by atoms with Crippen LogP contribution in [0.3, 0.4) is 0 Å². The van der Waals surface area contributed by atoms with Gasteiger partial charge in [-0.1, -0.05) is 0 Å². The maximum atomic E-state index is 3.05. The van der Waals surface area contributed by atoms with E-state index in [1.165, 1.54) is 0 Å². The van der Waals surface area contributed by atoms with Gasteiger partial charge in [0, 0.05) is 0 Å². The summed E-state index contributed by atoms with van der Waals surface area (Å²) in [5.74, 6) is 2.15. The topological polar surface area (TPSA) is 6.48 Å². The van der Waals surface area contributed by atoms with E-state index in [4.69, 9.17) is 0 Å². The van der Waals surface area contributed by atoms with Gasteiger partial charge in [0.05, 0.1) is 0 Å². The van der Waals surface area contributed by atoms with Gasteiger partial charge in [-0.2, -0.15) is 0 Å². The molecule has 3 rings (SSSR count). The molecule has 1 heterocycles. The maximum absolute atomic E-state index is 3.05. The van der Waals surface area contributed by atoms with Crippen LogP contribution >= 0.6 is 0 Å². The molecular formula is C30H48GeN2Si. The monoisotopic (exact) mass is 538 g/mol. The second kappa shape index (κ2) is 10.4. The van der Waals surface area contributed by atoms with Crippen molar-refractivity contribution >= 4 is 35.6 Å². The average Bonchev–Trinajstić information content (AvgIpc) is 2.72. The summed E-state index contributed by atoms with van der Waals surface area (Å²) in [6, 6.07) is 14.2. The Morgan fingerprint density at radius 3 is 0.971 bits per heavy atom. The van der Waals surface area contributed by atoms with Crippen molar-refractivity contribution in [2.75, 3.05) is 7.05 Å².